The molecule has 0 radical (unpaired) electrons. The summed E-state index contributed by atoms with van der Waals surface area (Å²) >= 11 is 1.63. The number of hydrogen-bond acceptors (Lipinski definition) is 3. The first-order chi connectivity index (χ1) is 12.0. The summed E-state index contributed by atoms with van der Waals surface area (Å²) in [7, 11) is 0. The first kappa shape index (κ1) is 18.3. The number of likely N-dealkylation sites (tertiary alicyclic amines) is 1. The predicted molar refractivity (Wildman–Crippen MR) is 101 cm³/mol. The van der Waals surface area contributed by atoms with E-state index in [9.17, 15) is 9.59 Å². The Balaban J connectivity index is 1.66. The number of fused-ring (bicyclic) bond motifs is 1. The number of nitrogens with one attached hydrogen (secondary N) is 3. The molecule has 1 fully saturated rings. The zero-order chi connectivity index (χ0) is 17.8. The van der Waals surface area contributed by atoms with E-state index in [4.69, 9.17) is 0 Å². The Morgan fingerprint density at radius 2 is 2.08 bits per heavy atom. The molecule has 136 valence electrons. The average Bonchev–Trinajstić information content (AvgIpc) is 2.61. The summed E-state index contributed by atoms with van der Waals surface area (Å²) in [5.41, 5.74) is 1.37. The molecule has 3 N–H and O–H groups in total. The normalized spacial score (nSPS) is 20.9. The molecular weight excluding hydrogens is 334 g/mol. The van der Waals surface area contributed by atoms with Crippen LogP contribution in [0, 0.1) is 5.92 Å². The summed E-state index contributed by atoms with van der Waals surface area (Å²) in [6.07, 6.45) is 4.63. The number of amides is 2. The number of hydrogen-bond donors (Lipinski definition) is 3. The minimum atomic E-state index is -0.0773. The maximum atomic E-state index is 12.5. The summed E-state index contributed by atoms with van der Waals surface area (Å²) in [6, 6.07) is 5.62. The van der Waals surface area contributed by atoms with Crippen LogP contribution >= 0.6 is 11.8 Å². The molecule has 1 unspecified atom stereocenters. The molecule has 1 aromatic rings. The smallest absolute Gasteiger partial charge is 0.294 e. The largest absolute Gasteiger partial charge is 0.352 e. The first-order valence-electron chi connectivity index (χ1n) is 9.29. The first-order valence-corrected chi connectivity index (χ1v) is 10.2. The zero-order valence-corrected chi connectivity index (χ0v) is 15.9. The lowest BCUT2D eigenvalue weighted by Crippen LogP contribution is -3.17. The van der Waals surface area contributed by atoms with E-state index in [0.29, 0.717) is 18.0 Å². The second kappa shape index (κ2) is 8.23. The van der Waals surface area contributed by atoms with Crippen LogP contribution in [0.2, 0.25) is 0 Å². The maximum absolute atomic E-state index is 12.5. The second-order valence-corrected chi connectivity index (χ2v) is 8.50. The van der Waals surface area contributed by atoms with Gasteiger partial charge < -0.3 is 15.5 Å². The molecule has 1 saturated heterocycles. The van der Waals surface area contributed by atoms with Gasteiger partial charge in [-0.15, -0.1) is 0 Å². The van der Waals surface area contributed by atoms with Crippen molar-refractivity contribution >= 4 is 29.3 Å². The van der Waals surface area contributed by atoms with Crippen molar-refractivity contribution < 1.29 is 14.5 Å². The number of carbonyl (C=O) groups is 2. The van der Waals surface area contributed by atoms with Gasteiger partial charge in [0, 0.05) is 17.0 Å². The van der Waals surface area contributed by atoms with Gasteiger partial charge in [0.1, 0.15) is 0 Å². The average molecular weight is 363 g/mol. The van der Waals surface area contributed by atoms with E-state index in [1.807, 2.05) is 12.1 Å². The van der Waals surface area contributed by atoms with Gasteiger partial charge in [0.05, 0.1) is 18.8 Å². The predicted octanol–water partition coefficient (Wildman–Crippen LogP) is 1.90. The molecule has 25 heavy (non-hydrogen) atoms. The van der Waals surface area contributed by atoms with Gasteiger partial charge in [-0.3, -0.25) is 9.59 Å². The van der Waals surface area contributed by atoms with Gasteiger partial charge in [0.2, 0.25) is 5.37 Å². The summed E-state index contributed by atoms with van der Waals surface area (Å²) in [6.45, 7) is 7.08. The standard InChI is InChI=1S/C19H27N3O2S/c1-13(2)8-9-20-17(23)14-6-7-16-15(12-14)21-18(24)19(25-16)22-10-4-3-5-11-22/h6-7,12-13,19H,3-5,8-11H2,1-2H3,(H,20,23)(H,21,24)/p+1. The summed E-state index contributed by atoms with van der Waals surface area (Å²) < 4.78 is 0. The van der Waals surface area contributed by atoms with Crippen molar-refractivity contribution in [1.29, 1.82) is 0 Å². The van der Waals surface area contributed by atoms with Crippen molar-refractivity contribution in [2.75, 3.05) is 25.0 Å². The van der Waals surface area contributed by atoms with Crippen LogP contribution in [0.3, 0.4) is 0 Å². The third-order valence-electron chi connectivity index (χ3n) is 4.86. The number of piperidine rings is 1. The van der Waals surface area contributed by atoms with Crippen molar-refractivity contribution in [2.45, 2.75) is 49.8 Å². The van der Waals surface area contributed by atoms with Gasteiger partial charge in [-0.1, -0.05) is 25.6 Å². The van der Waals surface area contributed by atoms with Crippen LogP contribution in [0.25, 0.3) is 0 Å². The molecule has 6 heteroatoms. The molecule has 0 bridgehead atoms. The quantitative estimate of drug-likeness (QED) is 0.750. The Kier molecular flexibility index (Phi) is 6.02. The highest BCUT2D eigenvalue weighted by Gasteiger charge is 2.36. The zero-order valence-electron chi connectivity index (χ0n) is 15.1. The third kappa shape index (κ3) is 4.55. The Bertz CT molecular complexity index is 642. The highest BCUT2D eigenvalue weighted by atomic mass is 32.2. The van der Waals surface area contributed by atoms with E-state index in [2.05, 4.69) is 24.5 Å². The lowest BCUT2D eigenvalue weighted by molar-refractivity contribution is -0.906. The van der Waals surface area contributed by atoms with Crippen LogP contribution in [-0.4, -0.2) is 36.8 Å². The van der Waals surface area contributed by atoms with E-state index >= 15 is 0 Å². The molecule has 2 heterocycles. The van der Waals surface area contributed by atoms with Crippen LogP contribution in [0.1, 0.15) is 49.9 Å². The Hall–Kier alpha value is -1.53. The van der Waals surface area contributed by atoms with Gasteiger partial charge in [0.15, 0.2) is 0 Å². The van der Waals surface area contributed by atoms with Crippen molar-refractivity contribution in [3.8, 4) is 0 Å². The van der Waals surface area contributed by atoms with E-state index in [0.717, 1.165) is 30.1 Å². The summed E-state index contributed by atoms with van der Waals surface area (Å²) in [5, 5.41) is 5.89. The SMILES string of the molecule is CC(C)CCNC(=O)c1ccc2c(c1)NC(=O)C([NH+]1CCCCC1)S2. The molecule has 0 aliphatic carbocycles. The molecule has 3 rings (SSSR count). The topological polar surface area (TPSA) is 62.6 Å². The van der Waals surface area contributed by atoms with Gasteiger partial charge in [-0.05, 0) is 49.8 Å². The van der Waals surface area contributed by atoms with Crippen LogP contribution in [0.15, 0.2) is 23.1 Å². The van der Waals surface area contributed by atoms with E-state index in [-0.39, 0.29) is 17.2 Å². The molecule has 0 spiro atoms. The second-order valence-electron chi connectivity index (χ2n) is 7.36. The number of thioether (sulfide) groups is 1. The van der Waals surface area contributed by atoms with Crippen molar-refractivity contribution in [3.05, 3.63) is 23.8 Å². The number of benzene rings is 1. The molecule has 0 saturated carbocycles. The molecule has 1 aromatic carbocycles. The number of carbonyl (C=O) groups excluding carboxylic acids is 2. The number of anilines is 1. The minimum absolute atomic E-state index is 0.0618. The van der Waals surface area contributed by atoms with Gasteiger partial charge in [-0.25, -0.2) is 0 Å². The van der Waals surface area contributed by atoms with Gasteiger partial charge in [0.25, 0.3) is 11.8 Å². The van der Waals surface area contributed by atoms with E-state index < -0.39 is 0 Å². The fraction of sp³-hybridized carbons (Fsp3) is 0.579. The van der Waals surface area contributed by atoms with E-state index in [1.54, 1.807) is 17.8 Å². The van der Waals surface area contributed by atoms with Crippen LogP contribution in [0.4, 0.5) is 5.69 Å². The maximum Gasteiger partial charge on any atom is 0.294 e. The van der Waals surface area contributed by atoms with Gasteiger partial charge >= 0.3 is 0 Å². The number of quaternary nitrogens is 1. The lowest BCUT2D eigenvalue weighted by Gasteiger charge is -2.33. The Morgan fingerprint density at radius 1 is 1.32 bits per heavy atom. The van der Waals surface area contributed by atoms with Crippen LogP contribution in [0.5, 0.6) is 0 Å². The molecular formula is C19H28N3O2S+. The fourth-order valence-electron chi connectivity index (χ4n) is 3.36. The van der Waals surface area contributed by atoms with Crippen molar-refractivity contribution in [3.63, 3.8) is 0 Å². The summed E-state index contributed by atoms with van der Waals surface area (Å²) in [4.78, 5) is 27.2. The molecule has 1 atom stereocenters. The highest BCUT2D eigenvalue weighted by Crippen LogP contribution is 2.34. The summed E-state index contributed by atoms with van der Waals surface area (Å²) in [5.74, 6) is 0.548. The van der Waals surface area contributed by atoms with E-state index in [1.165, 1.54) is 24.2 Å². The third-order valence-corrected chi connectivity index (χ3v) is 6.25. The molecule has 0 aromatic heterocycles. The molecule has 2 aliphatic rings. The van der Waals surface area contributed by atoms with Crippen molar-refractivity contribution in [1.82, 2.24) is 5.32 Å². The lowest BCUT2D eigenvalue weighted by atomic mass is 10.1. The van der Waals surface area contributed by atoms with Crippen LogP contribution in [-0.2, 0) is 4.79 Å². The highest BCUT2D eigenvalue weighted by molar-refractivity contribution is 8.00. The molecule has 5 nitrogen and oxygen atoms in total. The molecule has 2 amide bonds. The fourth-order valence-corrected chi connectivity index (χ4v) is 4.57. The van der Waals surface area contributed by atoms with Gasteiger partial charge in [-0.2, -0.15) is 0 Å². The van der Waals surface area contributed by atoms with Crippen molar-refractivity contribution in [2.24, 2.45) is 5.92 Å². The monoisotopic (exact) mass is 362 g/mol. The Morgan fingerprint density at radius 3 is 2.80 bits per heavy atom. The minimum Gasteiger partial charge on any atom is -0.352 e. The van der Waals surface area contributed by atoms with Crippen LogP contribution < -0.4 is 15.5 Å². The Labute approximate surface area is 153 Å². The number of rotatable bonds is 5. The molecule has 2 aliphatic heterocycles.